The van der Waals surface area contributed by atoms with Gasteiger partial charge in [-0.3, -0.25) is 4.79 Å². The van der Waals surface area contributed by atoms with Crippen LogP contribution in [0.5, 0.6) is 0 Å². The first-order chi connectivity index (χ1) is 11.5. The molecule has 0 radical (unpaired) electrons. The van der Waals surface area contributed by atoms with E-state index in [2.05, 4.69) is 27.7 Å². The second-order valence-electron chi connectivity index (χ2n) is 7.30. The van der Waals surface area contributed by atoms with Crippen LogP contribution < -0.4 is 0 Å². The molecule has 0 heterocycles. The predicted octanol–water partition coefficient (Wildman–Crippen LogP) is 6.43. The van der Waals surface area contributed by atoms with Gasteiger partial charge in [0.05, 0.1) is 0 Å². The number of carbonyl (C=O) groups is 1. The monoisotopic (exact) mass is 344 g/mol. The van der Waals surface area contributed by atoms with Crippen LogP contribution in [0.2, 0.25) is 0 Å². The van der Waals surface area contributed by atoms with Crippen LogP contribution in [0.3, 0.4) is 0 Å². The molecule has 0 spiro atoms. The van der Waals surface area contributed by atoms with Gasteiger partial charge >= 0.3 is 5.97 Å². The van der Waals surface area contributed by atoms with Gasteiger partial charge in [-0.2, -0.15) is 0 Å². The van der Waals surface area contributed by atoms with Crippen LogP contribution in [0.1, 0.15) is 111 Å². The molecule has 3 nitrogen and oxygen atoms in total. The molecule has 0 aromatic rings. The third kappa shape index (κ3) is 23.7. The average Bonchev–Trinajstić information content (AvgIpc) is 2.57. The standard InChI is InChI=1S/C11H22O2.C10H22O/c1-3-10(2)8-6-4-5-7-9-11(12)13;1-3-10(2)8-6-4-5-7-9-11/h10H,3-9H2,1-2H3,(H,12,13);10-11H,3-9H2,1-2H3. The van der Waals surface area contributed by atoms with Crippen molar-refractivity contribution in [1.29, 1.82) is 0 Å². The molecule has 3 heteroatoms. The lowest BCUT2D eigenvalue weighted by Gasteiger charge is -2.06. The Morgan fingerprint density at radius 3 is 1.54 bits per heavy atom. The van der Waals surface area contributed by atoms with Gasteiger partial charge in [0.2, 0.25) is 0 Å². The summed E-state index contributed by atoms with van der Waals surface area (Å²) in [7, 11) is 0. The van der Waals surface area contributed by atoms with E-state index in [0.717, 1.165) is 31.1 Å². The predicted molar refractivity (Wildman–Crippen MR) is 104 cm³/mol. The van der Waals surface area contributed by atoms with E-state index < -0.39 is 5.97 Å². The Morgan fingerprint density at radius 2 is 1.17 bits per heavy atom. The van der Waals surface area contributed by atoms with Crippen molar-refractivity contribution in [3.63, 3.8) is 0 Å². The Morgan fingerprint density at radius 1 is 0.750 bits per heavy atom. The number of aliphatic carboxylic acids is 1. The molecule has 0 bridgehead atoms. The van der Waals surface area contributed by atoms with Gasteiger partial charge in [-0.05, 0) is 24.7 Å². The number of hydrogen-bond acceptors (Lipinski definition) is 2. The molecule has 24 heavy (non-hydrogen) atoms. The van der Waals surface area contributed by atoms with Crippen LogP contribution >= 0.6 is 0 Å². The van der Waals surface area contributed by atoms with Gasteiger partial charge < -0.3 is 10.2 Å². The fourth-order valence-corrected chi connectivity index (χ4v) is 2.49. The van der Waals surface area contributed by atoms with Crippen LogP contribution in [0, 0.1) is 11.8 Å². The van der Waals surface area contributed by atoms with E-state index in [1.54, 1.807) is 0 Å². The molecule has 0 aromatic carbocycles. The lowest BCUT2D eigenvalue weighted by atomic mass is 10.0. The van der Waals surface area contributed by atoms with E-state index in [-0.39, 0.29) is 0 Å². The molecule has 0 aliphatic carbocycles. The van der Waals surface area contributed by atoms with E-state index in [4.69, 9.17) is 10.2 Å². The summed E-state index contributed by atoms with van der Waals surface area (Å²) in [5.41, 5.74) is 0. The van der Waals surface area contributed by atoms with Crippen molar-refractivity contribution in [2.75, 3.05) is 6.61 Å². The van der Waals surface area contributed by atoms with E-state index in [0.29, 0.717) is 13.0 Å². The first-order valence-electron chi connectivity index (χ1n) is 10.3. The highest BCUT2D eigenvalue weighted by molar-refractivity contribution is 5.66. The lowest BCUT2D eigenvalue weighted by molar-refractivity contribution is -0.137. The maximum absolute atomic E-state index is 10.2. The van der Waals surface area contributed by atoms with Crippen molar-refractivity contribution in [2.45, 2.75) is 111 Å². The number of hydrogen-bond donors (Lipinski definition) is 2. The van der Waals surface area contributed by atoms with Crippen molar-refractivity contribution < 1.29 is 15.0 Å². The third-order valence-corrected chi connectivity index (χ3v) is 4.84. The molecule has 146 valence electrons. The smallest absolute Gasteiger partial charge is 0.303 e. The maximum Gasteiger partial charge on any atom is 0.303 e. The Balaban J connectivity index is 0. The van der Waals surface area contributed by atoms with E-state index in [9.17, 15) is 4.79 Å². The number of aliphatic hydroxyl groups excluding tert-OH is 1. The van der Waals surface area contributed by atoms with Crippen LogP contribution in [0.25, 0.3) is 0 Å². The summed E-state index contributed by atoms with van der Waals surface area (Å²) in [5.74, 6) is 1.06. The average molecular weight is 345 g/mol. The second kappa shape index (κ2) is 20.5. The Bertz CT molecular complexity index is 253. The zero-order valence-corrected chi connectivity index (χ0v) is 16.9. The molecule has 0 saturated carbocycles. The highest BCUT2D eigenvalue weighted by Gasteiger charge is 1.99. The van der Waals surface area contributed by atoms with Gasteiger partial charge in [-0.1, -0.05) is 91.9 Å². The first kappa shape index (κ1) is 25.7. The van der Waals surface area contributed by atoms with Crippen molar-refractivity contribution in [1.82, 2.24) is 0 Å². The zero-order chi connectivity index (χ0) is 18.6. The fraction of sp³-hybridized carbons (Fsp3) is 0.952. The van der Waals surface area contributed by atoms with Crippen LogP contribution in [0.15, 0.2) is 0 Å². The summed E-state index contributed by atoms with van der Waals surface area (Å²) in [4.78, 5) is 10.2. The summed E-state index contributed by atoms with van der Waals surface area (Å²) in [6.45, 7) is 9.42. The maximum atomic E-state index is 10.2. The summed E-state index contributed by atoms with van der Waals surface area (Å²) in [6.07, 6.45) is 14.8. The fourth-order valence-electron chi connectivity index (χ4n) is 2.49. The number of unbranched alkanes of at least 4 members (excludes halogenated alkanes) is 6. The Labute approximate surface area is 151 Å². The minimum Gasteiger partial charge on any atom is -0.481 e. The van der Waals surface area contributed by atoms with Crippen LogP contribution in [-0.2, 0) is 4.79 Å². The first-order valence-corrected chi connectivity index (χ1v) is 10.3. The molecule has 0 aromatic heterocycles. The van der Waals surface area contributed by atoms with Gasteiger partial charge in [0.25, 0.3) is 0 Å². The summed E-state index contributed by atoms with van der Waals surface area (Å²) < 4.78 is 0. The minimum absolute atomic E-state index is 0.337. The molecular formula is C21H44O3. The molecule has 0 aliphatic heterocycles. The van der Waals surface area contributed by atoms with E-state index in [1.165, 1.54) is 57.8 Å². The summed E-state index contributed by atoms with van der Waals surface area (Å²) in [6, 6.07) is 0. The van der Waals surface area contributed by atoms with Crippen molar-refractivity contribution in [2.24, 2.45) is 11.8 Å². The number of aliphatic hydroxyl groups is 1. The van der Waals surface area contributed by atoms with E-state index >= 15 is 0 Å². The van der Waals surface area contributed by atoms with Crippen molar-refractivity contribution in [3.8, 4) is 0 Å². The van der Waals surface area contributed by atoms with Crippen LogP contribution in [0.4, 0.5) is 0 Å². The van der Waals surface area contributed by atoms with E-state index in [1.807, 2.05) is 0 Å². The van der Waals surface area contributed by atoms with Crippen molar-refractivity contribution >= 4 is 5.97 Å². The highest BCUT2D eigenvalue weighted by atomic mass is 16.4. The minimum atomic E-state index is -0.665. The molecule has 0 aliphatic rings. The molecule has 0 rings (SSSR count). The number of carboxylic acid groups (broad SMARTS) is 1. The molecular weight excluding hydrogens is 300 g/mol. The Hall–Kier alpha value is -0.570. The number of rotatable bonds is 15. The second-order valence-corrected chi connectivity index (χ2v) is 7.30. The third-order valence-electron chi connectivity index (χ3n) is 4.84. The highest BCUT2D eigenvalue weighted by Crippen LogP contribution is 2.13. The molecule has 2 N–H and O–H groups in total. The summed E-state index contributed by atoms with van der Waals surface area (Å²) >= 11 is 0. The molecule has 0 saturated heterocycles. The van der Waals surface area contributed by atoms with Gasteiger partial charge in [0, 0.05) is 13.0 Å². The molecule has 2 unspecified atom stereocenters. The number of carboxylic acids is 1. The van der Waals surface area contributed by atoms with Gasteiger partial charge in [0.15, 0.2) is 0 Å². The van der Waals surface area contributed by atoms with Gasteiger partial charge in [0.1, 0.15) is 0 Å². The molecule has 0 fully saturated rings. The van der Waals surface area contributed by atoms with Gasteiger partial charge in [-0.25, -0.2) is 0 Å². The van der Waals surface area contributed by atoms with Crippen LogP contribution in [-0.4, -0.2) is 22.8 Å². The molecule has 2 atom stereocenters. The SMILES string of the molecule is CCC(C)CCCCCCC(=O)O.CCC(C)CCCCCCO. The van der Waals surface area contributed by atoms with Crippen molar-refractivity contribution in [3.05, 3.63) is 0 Å². The quantitative estimate of drug-likeness (QED) is 0.336. The largest absolute Gasteiger partial charge is 0.481 e. The topological polar surface area (TPSA) is 57.5 Å². The molecule has 0 amide bonds. The van der Waals surface area contributed by atoms with Gasteiger partial charge in [-0.15, -0.1) is 0 Å². The lowest BCUT2D eigenvalue weighted by Crippen LogP contribution is -1.94. The normalized spacial score (nSPS) is 13.0. The summed E-state index contributed by atoms with van der Waals surface area (Å²) in [5, 5.41) is 16.9. The Kier molecular flexibility index (Phi) is 21.9. The zero-order valence-electron chi connectivity index (χ0n) is 16.9.